The van der Waals surface area contributed by atoms with E-state index in [-0.39, 0.29) is 10.8 Å². The maximum atomic E-state index is 12.0. The second-order valence-corrected chi connectivity index (χ2v) is 7.50. The fraction of sp³-hybridized carbons (Fsp3) is 0.316. The lowest BCUT2D eigenvalue weighted by molar-refractivity contribution is -0.116. The molecular weight excluding hydrogens is 352 g/mol. The predicted octanol–water partition coefficient (Wildman–Crippen LogP) is 3.17. The van der Waals surface area contributed by atoms with Gasteiger partial charge in [-0.1, -0.05) is 25.1 Å². The molecule has 140 valence electrons. The normalized spacial score (nSPS) is 11.1. The fourth-order valence-electron chi connectivity index (χ4n) is 2.20. The summed E-state index contributed by atoms with van der Waals surface area (Å²) in [6.45, 7) is 2.75. The summed E-state index contributed by atoms with van der Waals surface area (Å²) in [5, 5.41) is 2.75. The van der Waals surface area contributed by atoms with Crippen molar-refractivity contribution in [2.45, 2.75) is 31.1 Å². The Balaban J connectivity index is 1.76. The van der Waals surface area contributed by atoms with Gasteiger partial charge in [-0.2, -0.15) is 0 Å². The number of nitrogens with one attached hydrogen (secondary N) is 2. The van der Waals surface area contributed by atoms with Gasteiger partial charge in [0.25, 0.3) is 0 Å². The third-order valence-electron chi connectivity index (χ3n) is 3.55. The van der Waals surface area contributed by atoms with E-state index < -0.39 is 10.0 Å². The minimum Gasteiger partial charge on any atom is -0.494 e. The standard InChI is InChI=1S/C19H24N2O4S/c1-2-14-20-26(23,24)18-12-10-16(11-13-18)21-19(22)9-6-15-25-17-7-4-3-5-8-17/h3-5,7-8,10-13,20H,2,6,9,14-15H2,1H3,(H,21,22). The number of carbonyl (C=O) groups excluding carboxylic acids is 1. The molecule has 2 aromatic rings. The Kier molecular flexibility index (Phi) is 7.62. The van der Waals surface area contributed by atoms with Crippen LogP contribution in [0.5, 0.6) is 5.75 Å². The van der Waals surface area contributed by atoms with Crippen LogP contribution >= 0.6 is 0 Å². The quantitative estimate of drug-likeness (QED) is 0.624. The van der Waals surface area contributed by atoms with Crippen LogP contribution in [-0.4, -0.2) is 27.5 Å². The maximum Gasteiger partial charge on any atom is 0.240 e. The SMILES string of the molecule is CCCNS(=O)(=O)c1ccc(NC(=O)CCCOc2ccccc2)cc1. The van der Waals surface area contributed by atoms with E-state index in [0.717, 1.165) is 12.2 Å². The molecule has 26 heavy (non-hydrogen) atoms. The van der Waals surface area contributed by atoms with E-state index in [4.69, 9.17) is 4.74 Å². The Morgan fingerprint density at radius 1 is 1.04 bits per heavy atom. The molecule has 0 spiro atoms. The number of sulfonamides is 1. The molecule has 0 aromatic heterocycles. The van der Waals surface area contributed by atoms with Gasteiger partial charge in [0.05, 0.1) is 11.5 Å². The summed E-state index contributed by atoms with van der Waals surface area (Å²) >= 11 is 0. The molecule has 0 aliphatic heterocycles. The van der Waals surface area contributed by atoms with E-state index in [1.54, 1.807) is 12.1 Å². The van der Waals surface area contributed by atoms with Gasteiger partial charge in [0.2, 0.25) is 15.9 Å². The number of para-hydroxylation sites is 1. The van der Waals surface area contributed by atoms with Crippen LogP contribution in [0.15, 0.2) is 59.5 Å². The molecule has 0 aliphatic carbocycles. The zero-order chi connectivity index (χ0) is 18.8. The van der Waals surface area contributed by atoms with Gasteiger partial charge < -0.3 is 10.1 Å². The number of amides is 1. The van der Waals surface area contributed by atoms with Gasteiger partial charge in [0.1, 0.15) is 5.75 Å². The van der Waals surface area contributed by atoms with Gasteiger partial charge in [-0.15, -0.1) is 0 Å². The molecule has 0 saturated carbocycles. The Hall–Kier alpha value is -2.38. The molecule has 0 unspecified atom stereocenters. The van der Waals surface area contributed by atoms with Crippen LogP contribution in [0.25, 0.3) is 0 Å². The summed E-state index contributed by atoms with van der Waals surface area (Å²) in [7, 11) is -3.49. The average molecular weight is 376 g/mol. The second-order valence-electron chi connectivity index (χ2n) is 5.74. The van der Waals surface area contributed by atoms with Crippen molar-refractivity contribution in [1.29, 1.82) is 0 Å². The van der Waals surface area contributed by atoms with Crippen molar-refractivity contribution in [3.05, 3.63) is 54.6 Å². The van der Waals surface area contributed by atoms with E-state index in [0.29, 0.717) is 31.7 Å². The third kappa shape index (κ3) is 6.50. The lowest BCUT2D eigenvalue weighted by Crippen LogP contribution is -2.24. The lowest BCUT2D eigenvalue weighted by atomic mass is 10.2. The van der Waals surface area contributed by atoms with Crippen LogP contribution in [0.4, 0.5) is 5.69 Å². The monoisotopic (exact) mass is 376 g/mol. The zero-order valence-electron chi connectivity index (χ0n) is 14.8. The molecule has 0 bridgehead atoms. The van der Waals surface area contributed by atoms with Crippen molar-refractivity contribution in [1.82, 2.24) is 4.72 Å². The number of hydrogen-bond donors (Lipinski definition) is 2. The Morgan fingerprint density at radius 2 is 1.73 bits per heavy atom. The van der Waals surface area contributed by atoms with E-state index in [9.17, 15) is 13.2 Å². The number of hydrogen-bond acceptors (Lipinski definition) is 4. The average Bonchev–Trinajstić information content (AvgIpc) is 2.65. The van der Waals surface area contributed by atoms with E-state index in [1.807, 2.05) is 37.3 Å². The zero-order valence-corrected chi connectivity index (χ0v) is 15.6. The van der Waals surface area contributed by atoms with Gasteiger partial charge in [-0.3, -0.25) is 4.79 Å². The Labute approximate surface area is 154 Å². The number of carbonyl (C=O) groups is 1. The molecule has 7 heteroatoms. The van der Waals surface area contributed by atoms with E-state index in [2.05, 4.69) is 10.0 Å². The minimum absolute atomic E-state index is 0.138. The van der Waals surface area contributed by atoms with Crippen molar-refractivity contribution >= 4 is 21.6 Å². The molecule has 0 heterocycles. The number of anilines is 1. The highest BCUT2D eigenvalue weighted by atomic mass is 32.2. The van der Waals surface area contributed by atoms with Gasteiger partial charge in [0, 0.05) is 18.7 Å². The highest BCUT2D eigenvalue weighted by Gasteiger charge is 2.12. The first-order valence-corrected chi connectivity index (χ1v) is 10.1. The highest BCUT2D eigenvalue weighted by Crippen LogP contribution is 2.14. The smallest absolute Gasteiger partial charge is 0.240 e. The highest BCUT2D eigenvalue weighted by molar-refractivity contribution is 7.89. The summed E-state index contributed by atoms with van der Waals surface area (Å²) < 4.78 is 32.0. The van der Waals surface area contributed by atoms with Crippen LogP contribution in [0.1, 0.15) is 26.2 Å². The summed E-state index contributed by atoms with van der Waals surface area (Å²) in [5.41, 5.74) is 0.563. The molecule has 2 aromatic carbocycles. The first kappa shape index (κ1) is 19.9. The molecule has 0 atom stereocenters. The number of ether oxygens (including phenoxy) is 1. The van der Waals surface area contributed by atoms with Gasteiger partial charge in [-0.25, -0.2) is 13.1 Å². The van der Waals surface area contributed by atoms with Crippen molar-refractivity contribution in [2.75, 3.05) is 18.5 Å². The molecule has 0 aliphatic rings. The largest absolute Gasteiger partial charge is 0.494 e. The van der Waals surface area contributed by atoms with Crippen LogP contribution in [-0.2, 0) is 14.8 Å². The van der Waals surface area contributed by atoms with Gasteiger partial charge in [0.15, 0.2) is 0 Å². The first-order valence-electron chi connectivity index (χ1n) is 8.58. The van der Waals surface area contributed by atoms with Crippen LogP contribution in [0, 0.1) is 0 Å². The third-order valence-corrected chi connectivity index (χ3v) is 5.03. The lowest BCUT2D eigenvalue weighted by Gasteiger charge is -2.09. The summed E-state index contributed by atoms with van der Waals surface area (Å²) in [6.07, 6.45) is 1.64. The maximum absolute atomic E-state index is 12.0. The molecule has 0 fully saturated rings. The van der Waals surface area contributed by atoms with Crippen LogP contribution < -0.4 is 14.8 Å². The summed E-state index contributed by atoms with van der Waals surface area (Å²) in [6, 6.07) is 15.6. The summed E-state index contributed by atoms with van der Waals surface area (Å²) in [5.74, 6) is 0.641. The van der Waals surface area contributed by atoms with Crippen molar-refractivity contribution < 1.29 is 17.9 Å². The molecule has 0 radical (unpaired) electrons. The second kappa shape index (κ2) is 9.94. The number of rotatable bonds is 10. The first-order chi connectivity index (χ1) is 12.5. The summed E-state index contributed by atoms with van der Waals surface area (Å²) in [4.78, 5) is 12.1. The Morgan fingerprint density at radius 3 is 2.38 bits per heavy atom. The van der Waals surface area contributed by atoms with Crippen LogP contribution in [0.3, 0.4) is 0 Å². The molecule has 6 nitrogen and oxygen atoms in total. The van der Waals surface area contributed by atoms with E-state index in [1.165, 1.54) is 12.1 Å². The van der Waals surface area contributed by atoms with Crippen LogP contribution in [0.2, 0.25) is 0 Å². The molecule has 1 amide bonds. The topological polar surface area (TPSA) is 84.5 Å². The molecule has 2 rings (SSSR count). The van der Waals surface area contributed by atoms with Crippen molar-refractivity contribution in [3.8, 4) is 5.75 Å². The van der Waals surface area contributed by atoms with Crippen molar-refractivity contribution in [2.24, 2.45) is 0 Å². The van der Waals surface area contributed by atoms with Gasteiger partial charge in [-0.05, 0) is 49.2 Å². The van der Waals surface area contributed by atoms with Crippen molar-refractivity contribution in [3.63, 3.8) is 0 Å². The molecular formula is C19H24N2O4S. The molecule has 2 N–H and O–H groups in total. The fourth-order valence-corrected chi connectivity index (χ4v) is 3.33. The van der Waals surface area contributed by atoms with E-state index >= 15 is 0 Å². The molecule has 0 saturated heterocycles. The predicted molar refractivity (Wildman–Crippen MR) is 102 cm³/mol. The number of benzene rings is 2. The Bertz CT molecular complexity index is 790. The van der Waals surface area contributed by atoms with Gasteiger partial charge >= 0.3 is 0 Å². The minimum atomic E-state index is -3.49.